The molecule has 0 saturated carbocycles. The number of nitrogens with zero attached hydrogens (tertiary/aromatic N) is 1. The molecular formula is C10H17N3O2. The molecule has 0 aliphatic heterocycles. The van der Waals surface area contributed by atoms with Gasteiger partial charge in [0.15, 0.2) is 5.76 Å². The van der Waals surface area contributed by atoms with Gasteiger partial charge in [0.05, 0.1) is 18.8 Å². The molecule has 0 unspecified atom stereocenters. The molecule has 1 amide bonds. The van der Waals surface area contributed by atoms with E-state index in [1.54, 1.807) is 6.07 Å². The van der Waals surface area contributed by atoms with Crippen molar-refractivity contribution in [2.45, 2.75) is 33.4 Å². The number of hydrogen-bond donors (Lipinski definition) is 2. The number of carbonyl (C=O) groups excluding carboxylic acids is 1. The lowest BCUT2D eigenvalue weighted by molar-refractivity contribution is -0.124. The third kappa shape index (κ3) is 3.36. The first-order valence-corrected chi connectivity index (χ1v) is 4.84. The summed E-state index contributed by atoms with van der Waals surface area (Å²) in [6, 6.07) is 1.17. The van der Waals surface area contributed by atoms with Crippen LogP contribution in [0.25, 0.3) is 0 Å². The number of carbonyl (C=O) groups is 1. The van der Waals surface area contributed by atoms with Gasteiger partial charge in [0.1, 0.15) is 0 Å². The predicted molar refractivity (Wildman–Crippen MR) is 55.8 cm³/mol. The van der Waals surface area contributed by atoms with Crippen LogP contribution in [0.15, 0.2) is 16.8 Å². The summed E-state index contributed by atoms with van der Waals surface area (Å²) >= 11 is 0. The zero-order chi connectivity index (χ0) is 11.5. The van der Waals surface area contributed by atoms with Gasteiger partial charge in [-0.1, -0.05) is 25.9 Å². The molecule has 1 heterocycles. The molecule has 1 aromatic rings. The van der Waals surface area contributed by atoms with Gasteiger partial charge in [0.25, 0.3) is 0 Å². The Bertz CT molecular complexity index is 314. The molecule has 1 atom stereocenters. The quantitative estimate of drug-likeness (QED) is 0.769. The third-order valence-electron chi connectivity index (χ3n) is 2.14. The van der Waals surface area contributed by atoms with Gasteiger partial charge in [-0.3, -0.25) is 4.79 Å². The second-order valence-electron chi connectivity index (χ2n) is 4.54. The lowest BCUT2D eigenvalue weighted by Gasteiger charge is -2.25. The van der Waals surface area contributed by atoms with Gasteiger partial charge in [0, 0.05) is 6.07 Å². The number of amides is 1. The van der Waals surface area contributed by atoms with Gasteiger partial charge in [-0.25, -0.2) is 0 Å². The normalized spacial score (nSPS) is 13.6. The minimum Gasteiger partial charge on any atom is -0.360 e. The zero-order valence-electron chi connectivity index (χ0n) is 9.28. The second kappa shape index (κ2) is 4.44. The highest BCUT2D eigenvalue weighted by Crippen LogP contribution is 2.17. The van der Waals surface area contributed by atoms with Gasteiger partial charge in [-0.05, 0) is 5.41 Å². The molecule has 84 valence electrons. The van der Waals surface area contributed by atoms with E-state index in [2.05, 4.69) is 10.5 Å². The molecule has 1 rings (SSSR count). The molecule has 0 bridgehead atoms. The Morgan fingerprint density at radius 3 is 2.80 bits per heavy atom. The largest absolute Gasteiger partial charge is 0.360 e. The van der Waals surface area contributed by atoms with E-state index in [-0.39, 0.29) is 11.3 Å². The molecule has 0 aliphatic carbocycles. The summed E-state index contributed by atoms with van der Waals surface area (Å²) in [4.78, 5) is 11.6. The summed E-state index contributed by atoms with van der Waals surface area (Å²) in [5, 5.41) is 6.23. The second-order valence-corrected chi connectivity index (χ2v) is 4.54. The molecule has 15 heavy (non-hydrogen) atoms. The van der Waals surface area contributed by atoms with Crippen molar-refractivity contribution in [3.8, 4) is 0 Å². The van der Waals surface area contributed by atoms with Crippen LogP contribution in [0.4, 0.5) is 0 Å². The molecular weight excluding hydrogens is 194 g/mol. The summed E-state index contributed by atoms with van der Waals surface area (Å²) in [6.07, 6.45) is 1.53. The zero-order valence-corrected chi connectivity index (χ0v) is 9.28. The number of nitrogens with one attached hydrogen (secondary N) is 1. The maximum atomic E-state index is 11.6. The van der Waals surface area contributed by atoms with E-state index in [0.29, 0.717) is 12.3 Å². The number of rotatable bonds is 3. The maximum absolute atomic E-state index is 11.6. The molecule has 0 aromatic carbocycles. The Kier molecular flexibility index (Phi) is 3.47. The monoisotopic (exact) mass is 211 g/mol. The summed E-state index contributed by atoms with van der Waals surface area (Å²) in [5.74, 6) is 0.434. The van der Waals surface area contributed by atoms with Crippen LogP contribution in [0.5, 0.6) is 0 Å². The topological polar surface area (TPSA) is 81.2 Å². The fraction of sp³-hybridized carbons (Fsp3) is 0.600. The third-order valence-corrected chi connectivity index (χ3v) is 2.14. The number of nitrogens with two attached hydrogens (primary N) is 1. The van der Waals surface area contributed by atoms with Crippen LogP contribution in [0.3, 0.4) is 0 Å². The maximum Gasteiger partial charge on any atom is 0.237 e. The summed E-state index contributed by atoms with van der Waals surface area (Å²) in [6.45, 7) is 6.09. The van der Waals surface area contributed by atoms with Crippen molar-refractivity contribution in [3.63, 3.8) is 0 Å². The molecule has 0 aliphatic rings. The van der Waals surface area contributed by atoms with Gasteiger partial charge >= 0.3 is 0 Å². The van der Waals surface area contributed by atoms with Crippen LogP contribution in [-0.4, -0.2) is 17.1 Å². The van der Waals surface area contributed by atoms with E-state index in [0.717, 1.165) is 0 Å². The Balaban J connectivity index is 2.43. The standard InChI is InChI=1S/C10H17N3O2/c1-10(2,3)8(11)9(14)12-6-7-4-5-13-15-7/h4-5,8H,6,11H2,1-3H3,(H,12,14)/t8-/m0/s1. The van der Waals surface area contributed by atoms with Crippen LogP contribution in [-0.2, 0) is 11.3 Å². The van der Waals surface area contributed by atoms with Crippen molar-refractivity contribution in [1.82, 2.24) is 10.5 Å². The summed E-state index contributed by atoms with van der Waals surface area (Å²) in [5.41, 5.74) is 5.53. The minimum absolute atomic E-state index is 0.182. The number of aromatic nitrogens is 1. The van der Waals surface area contributed by atoms with E-state index in [9.17, 15) is 4.79 Å². The summed E-state index contributed by atoms with van der Waals surface area (Å²) < 4.78 is 4.84. The Morgan fingerprint density at radius 1 is 1.67 bits per heavy atom. The fourth-order valence-corrected chi connectivity index (χ4v) is 1.01. The predicted octanol–water partition coefficient (Wildman–Crippen LogP) is 0.664. The Hall–Kier alpha value is -1.36. The smallest absolute Gasteiger partial charge is 0.237 e. The molecule has 5 nitrogen and oxygen atoms in total. The molecule has 0 radical (unpaired) electrons. The van der Waals surface area contributed by atoms with Crippen LogP contribution in [0.2, 0.25) is 0 Å². The van der Waals surface area contributed by atoms with Crippen LogP contribution in [0, 0.1) is 5.41 Å². The highest BCUT2D eigenvalue weighted by molar-refractivity contribution is 5.82. The van der Waals surface area contributed by atoms with Crippen molar-refractivity contribution in [1.29, 1.82) is 0 Å². The van der Waals surface area contributed by atoms with E-state index in [1.165, 1.54) is 6.20 Å². The fourth-order valence-electron chi connectivity index (χ4n) is 1.01. The molecule has 3 N–H and O–H groups in total. The SMILES string of the molecule is CC(C)(C)[C@@H](N)C(=O)NCc1ccno1. The first kappa shape index (κ1) is 11.7. The Morgan fingerprint density at radius 2 is 2.33 bits per heavy atom. The van der Waals surface area contributed by atoms with Gasteiger partial charge < -0.3 is 15.6 Å². The van der Waals surface area contributed by atoms with Crippen molar-refractivity contribution in [2.75, 3.05) is 0 Å². The van der Waals surface area contributed by atoms with Gasteiger partial charge in [-0.15, -0.1) is 0 Å². The van der Waals surface area contributed by atoms with Crippen LogP contribution < -0.4 is 11.1 Å². The van der Waals surface area contributed by atoms with Gasteiger partial charge in [0.2, 0.25) is 5.91 Å². The lowest BCUT2D eigenvalue weighted by Crippen LogP contribution is -2.48. The highest BCUT2D eigenvalue weighted by atomic mass is 16.5. The molecule has 0 fully saturated rings. The van der Waals surface area contributed by atoms with Crippen molar-refractivity contribution >= 4 is 5.91 Å². The van der Waals surface area contributed by atoms with Crippen molar-refractivity contribution in [2.24, 2.45) is 11.1 Å². The molecule has 0 saturated heterocycles. The van der Waals surface area contributed by atoms with E-state index < -0.39 is 6.04 Å². The van der Waals surface area contributed by atoms with Gasteiger partial charge in [-0.2, -0.15) is 0 Å². The average Bonchev–Trinajstić information content (AvgIpc) is 2.63. The number of hydrogen-bond acceptors (Lipinski definition) is 4. The highest BCUT2D eigenvalue weighted by Gasteiger charge is 2.27. The minimum atomic E-state index is -0.527. The average molecular weight is 211 g/mol. The van der Waals surface area contributed by atoms with E-state index in [1.807, 2.05) is 20.8 Å². The lowest BCUT2D eigenvalue weighted by atomic mass is 9.87. The first-order chi connectivity index (χ1) is 6.91. The molecule has 1 aromatic heterocycles. The molecule has 0 spiro atoms. The van der Waals surface area contributed by atoms with Crippen molar-refractivity contribution in [3.05, 3.63) is 18.0 Å². The first-order valence-electron chi connectivity index (χ1n) is 4.84. The Labute approximate surface area is 89.0 Å². The van der Waals surface area contributed by atoms with Crippen LogP contribution >= 0.6 is 0 Å². The van der Waals surface area contributed by atoms with Crippen molar-refractivity contribution < 1.29 is 9.32 Å². The molecule has 5 heteroatoms. The summed E-state index contributed by atoms with van der Waals surface area (Å²) in [7, 11) is 0. The van der Waals surface area contributed by atoms with E-state index in [4.69, 9.17) is 10.3 Å². The van der Waals surface area contributed by atoms with Crippen LogP contribution in [0.1, 0.15) is 26.5 Å². The van der Waals surface area contributed by atoms with E-state index >= 15 is 0 Å².